The molecule has 1 N–H and O–H groups in total. The Balaban J connectivity index is 2.89. The number of Topliss-reactive ketones (excluding diaryl/α,β-unsaturated/α-hetero) is 1. The van der Waals surface area contributed by atoms with Crippen molar-refractivity contribution in [1.82, 2.24) is 0 Å². The molecule has 0 bridgehead atoms. The van der Waals surface area contributed by atoms with Crippen LogP contribution < -0.4 is 0 Å². The fourth-order valence-corrected chi connectivity index (χ4v) is 1.46. The van der Waals surface area contributed by atoms with Gasteiger partial charge in [-0.3, -0.25) is 4.79 Å². The lowest BCUT2D eigenvalue weighted by molar-refractivity contribution is -0.118. The van der Waals surface area contributed by atoms with Gasteiger partial charge in [0, 0.05) is 6.42 Å². The topological polar surface area (TPSA) is 54.4 Å². The molecule has 80 valence electrons. The Morgan fingerprint density at radius 1 is 1.33 bits per heavy atom. The second-order valence-electron chi connectivity index (χ2n) is 3.11. The van der Waals surface area contributed by atoms with E-state index in [9.17, 15) is 9.59 Å². The Morgan fingerprint density at radius 2 is 1.87 bits per heavy atom. The number of carbonyl (C=O) groups is 2. The number of hydrogen-bond donors (Lipinski definition) is 1. The zero-order valence-corrected chi connectivity index (χ0v) is 8.99. The van der Waals surface area contributed by atoms with Crippen molar-refractivity contribution in [2.75, 3.05) is 0 Å². The molecular formula is C11H11ClO3. The summed E-state index contributed by atoms with van der Waals surface area (Å²) in [6, 6.07) is 6.01. The second-order valence-corrected chi connectivity index (χ2v) is 3.55. The molecule has 0 aromatic heterocycles. The summed E-state index contributed by atoms with van der Waals surface area (Å²) in [5, 5.41) is 7.99. The number of halogens is 1. The lowest BCUT2D eigenvalue weighted by Gasteiger charge is -2.07. The van der Waals surface area contributed by atoms with Crippen LogP contribution in [0.1, 0.15) is 34.6 Å². The number of hydrogen-bond acceptors (Lipinski definition) is 2. The third-order valence-corrected chi connectivity index (χ3v) is 2.58. The number of carboxylic acid groups (broad SMARTS) is 1. The molecule has 0 heterocycles. The Labute approximate surface area is 92.7 Å². The molecule has 15 heavy (non-hydrogen) atoms. The highest BCUT2D eigenvalue weighted by Crippen LogP contribution is 2.22. The van der Waals surface area contributed by atoms with Gasteiger partial charge < -0.3 is 5.11 Å². The van der Waals surface area contributed by atoms with Crippen LogP contribution in [-0.2, 0) is 4.79 Å². The van der Waals surface area contributed by atoms with Gasteiger partial charge in [0.25, 0.3) is 0 Å². The number of alkyl halides is 1. The van der Waals surface area contributed by atoms with Crippen molar-refractivity contribution in [2.24, 2.45) is 0 Å². The molecule has 3 nitrogen and oxygen atoms in total. The third-order valence-electron chi connectivity index (χ3n) is 2.08. The van der Waals surface area contributed by atoms with Crippen molar-refractivity contribution >= 4 is 23.4 Å². The quantitative estimate of drug-likeness (QED) is 0.803. The van der Waals surface area contributed by atoms with E-state index in [0.29, 0.717) is 12.0 Å². The van der Waals surface area contributed by atoms with Crippen LogP contribution in [0.5, 0.6) is 0 Å². The van der Waals surface area contributed by atoms with Gasteiger partial charge in [0.2, 0.25) is 0 Å². The Kier molecular flexibility index (Phi) is 3.86. The van der Waals surface area contributed by atoms with Crippen LogP contribution in [0.2, 0.25) is 0 Å². The van der Waals surface area contributed by atoms with Crippen molar-refractivity contribution < 1.29 is 14.7 Å². The van der Waals surface area contributed by atoms with Crippen molar-refractivity contribution in [3.8, 4) is 0 Å². The van der Waals surface area contributed by atoms with Gasteiger partial charge in [-0.25, -0.2) is 4.79 Å². The summed E-state index contributed by atoms with van der Waals surface area (Å²) >= 11 is 5.89. The van der Waals surface area contributed by atoms with Gasteiger partial charge in [-0.2, -0.15) is 0 Å². The van der Waals surface area contributed by atoms with E-state index in [0.717, 1.165) is 0 Å². The molecule has 0 radical (unpaired) electrons. The van der Waals surface area contributed by atoms with E-state index in [1.54, 1.807) is 19.1 Å². The van der Waals surface area contributed by atoms with Crippen LogP contribution in [0, 0.1) is 0 Å². The van der Waals surface area contributed by atoms with Crippen molar-refractivity contribution in [3.63, 3.8) is 0 Å². The number of carboxylic acids is 1. The highest BCUT2D eigenvalue weighted by molar-refractivity contribution is 6.31. The number of aromatic carboxylic acids is 1. The van der Waals surface area contributed by atoms with E-state index in [2.05, 4.69) is 0 Å². The molecule has 1 aromatic rings. The first kappa shape index (κ1) is 11.7. The average molecular weight is 227 g/mol. The molecule has 0 aliphatic rings. The summed E-state index contributed by atoms with van der Waals surface area (Å²) in [5.74, 6) is -1.06. The van der Waals surface area contributed by atoms with Crippen LogP contribution in [0.4, 0.5) is 0 Å². The van der Waals surface area contributed by atoms with E-state index in [-0.39, 0.29) is 11.3 Å². The first-order valence-corrected chi connectivity index (χ1v) is 5.00. The number of carbonyl (C=O) groups excluding carboxylic acids is 1. The summed E-state index contributed by atoms with van der Waals surface area (Å²) in [6.07, 6.45) is 0.370. The molecule has 1 rings (SSSR count). The average Bonchev–Trinajstić information content (AvgIpc) is 2.27. The molecule has 1 atom stereocenters. The molecule has 0 aliphatic heterocycles. The van der Waals surface area contributed by atoms with Crippen molar-refractivity contribution in [3.05, 3.63) is 35.4 Å². The standard InChI is InChI=1S/C11H11ClO3/c1-2-9(13)10(12)7-3-5-8(6-4-7)11(14)15/h3-6,10H,2H2,1H3,(H,14,15). The van der Waals surface area contributed by atoms with E-state index in [1.165, 1.54) is 12.1 Å². The molecule has 0 spiro atoms. The minimum atomic E-state index is -0.991. The minimum Gasteiger partial charge on any atom is -0.478 e. The molecular weight excluding hydrogens is 216 g/mol. The van der Waals surface area contributed by atoms with Gasteiger partial charge in [0.15, 0.2) is 5.78 Å². The van der Waals surface area contributed by atoms with E-state index >= 15 is 0 Å². The predicted octanol–water partition coefficient (Wildman–Crippen LogP) is 2.64. The molecule has 0 amide bonds. The van der Waals surface area contributed by atoms with Gasteiger partial charge in [0.1, 0.15) is 5.38 Å². The lowest BCUT2D eigenvalue weighted by atomic mass is 10.1. The molecule has 4 heteroatoms. The molecule has 0 fully saturated rings. The maximum absolute atomic E-state index is 11.3. The van der Waals surface area contributed by atoms with Crippen molar-refractivity contribution in [1.29, 1.82) is 0 Å². The van der Waals surface area contributed by atoms with Crippen LogP contribution in [-0.4, -0.2) is 16.9 Å². The van der Waals surface area contributed by atoms with Crippen LogP contribution in [0.3, 0.4) is 0 Å². The van der Waals surface area contributed by atoms with Gasteiger partial charge in [-0.1, -0.05) is 19.1 Å². The first-order chi connectivity index (χ1) is 7.06. The zero-order chi connectivity index (χ0) is 11.4. The molecule has 1 aromatic carbocycles. The van der Waals surface area contributed by atoms with Crippen LogP contribution >= 0.6 is 11.6 Å². The summed E-state index contributed by atoms with van der Waals surface area (Å²) in [5.41, 5.74) is 0.820. The van der Waals surface area contributed by atoms with E-state index in [1.807, 2.05) is 0 Å². The highest BCUT2D eigenvalue weighted by atomic mass is 35.5. The summed E-state index contributed by atoms with van der Waals surface area (Å²) < 4.78 is 0. The molecule has 0 saturated heterocycles. The predicted molar refractivity (Wildman–Crippen MR) is 57.3 cm³/mol. The maximum Gasteiger partial charge on any atom is 0.335 e. The van der Waals surface area contributed by atoms with Crippen LogP contribution in [0.15, 0.2) is 24.3 Å². The lowest BCUT2D eigenvalue weighted by Crippen LogP contribution is -2.05. The smallest absolute Gasteiger partial charge is 0.335 e. The van der Waals surface area contributed by atoms with Crippen molar-refractivity contribution in [2.45, 2.75) is 18.7 Å². The largest absolute Gasteiger partial charge is 0.478 e. The Morgan fingerprint density at radius 3 is 2.27 bits per heavy atom. The zero-order valence-electron chi connectivity index (χ0n) is 8.24. The van der Waals surface area contributed by atoms with Crippen LogP contribution in [0.25, 0.3) is 0 Å². The number of ketones is 1. The van der Waals surface area contributed by atoms with E-state index < -0.39 is 11.3 Å². The van der Waals surface area contributed by atoms with E-state index in [4.69, 9.17) is 16.7 Å². The monoisotopic (exact) mass is 226 g/mol. The van der Waals surface area contributed by atoms with Gasteiger partial charge in [-0.15, -0.1) is 11.6 Å². The molecule has 0 aliphatic carbocycles. The summed E-state index contributed by atoms with van der Waals surface area (Å²) in [6.45, 7) is 1.74. The van der Waals surface area contributed by atoms with Gasteiger partial charge >= 0.3 is 5.97 Å². The van der Waals surface area contributed by atoms with Gasteiger partial charge in [0.05, 0.1) is 5.56 Å². The Bertz CT molecular complexity index is 370. The summed E-state index contributed by atoms with van der Waals surface area (Å²) in [7, 11) is 0. The minimum absolute atomic E-state index is 0.0697. The number of rotatable bonds is 4. The number of benzene rings is 1. The normalized spacial score (nSPS) is 12.1. The molecule has 1 unspecified atom stereocenters. The first-order valence-electron chi connectivity index (χ1n) is 4.56. The Hall–Kier alpha value is -1.35. The summed E-state index contributed by atoms with van der Waals surface area (Å²) in [4.78, 5) is 21.9. The molecule has 0 saturated carbocycles. The fourth-order valence-electron chi connectivity index (χ4n) is 1.16. The second kappa shape index (κ2) is 4.94. The third kappa shape index (κ3) is 2.80. The van der Waals surface area contributed by atoms with Gasteiger partial charge in [-0.05, 0) is 17.7 Å². The fraction of sp³-hybridized carbons (Fsp3) is 0.273. The SMILES string of the molecule is CCC(=O)C(Cl)c1ccc(C(=O)O)cc1. The maximum atomic E-state index is 11.3. The highest BCUT2D eigenvalue weighted by Gasteiger charge is 2.15.